The normalized spacial score (nSPS) is 11.5. The van der Waals surface area contributed by atoms with Gasteiger partial charge in [0.15, 0.2) is 5.75 Å². The molecule has 0 aliphatic rings. The van der Waals surface area contributed by atoms with Crippen molar-refractivity contribution in [1.29, 1.82) is 0 Å². The Morgan fingerprint density at radius 2 is 1.86 bits per heavy atom. The van der Waals surface area contributed by atoms with Gasteiger partial charge in [0, 0.05) is 0 Å². The van der Waals surface area contributed by atoms with E-state index in [0.717, 1.165) is 0 Å². The Hall–Kier alpha value is -1.90. The largest absolute Gasteiger partial charge is 0.484 e. The van der Waals surface area contributed by atoms with Gasteiger partial charge in [0.25, 0.3) is 0 Å². The summed E-state index contributed by atoms with van der Waals surface area (Å²) < 4.78 is 5.39. The van der Waals surface area contributed by atoms with Gasteiger partial charge in [-0.25, -0.2) is 0 Å². The van der Waals surface area contributed by atoms with E-state index in [-0.39, 0.29) is 23.2 Å². The Morgan fingerprint density at radius 3 is 2.29 bits per heavy atom. The van der Waals surface area contributed by atoms with E-state index >= 15 is 0 Å². The van der Waals surface area contributed by atoms with Crippen LogP contribution in [0, 0.1) is 10.1 Å². The van der Waals surface area contributed by atoms with Crippen LogP contribution in [0.3, 0.4) is 0 Å². The van der Waals surface area contributed by atoms with Gasteiger partial charge in [-0.2, -0.15) is 0 Å². The van der Waals surface area contributed by atoms with Gasteiger partial charge in [-0.15, -0.1) is 0 Å². The predicted molar refractivity (Wildman–Crippen MR) is 76.5 cm³/mol. The van der Waals surface area contributed by atoms with Crippen LogP contribution in [0.2, 0.25) is 0 Å². The Labute approximate surface area is 122 Å². The topological polar surface area (TPSA) is 125 Å². The van der Waals surface area contributed by atoms with Crippen molar-refractivity contribution in [1.82, 2.24) is 0 Å². The van der Waals surface area contributed by atoms with E-state index in [1.165, 1.54) is 12.1 Å². The average molecular weight is 300 g/mol. The highest BCUT2D eigenvalue weighted by molar-refractivity contribution is 5.69. The lowest BCUT2D eigenvalue weighted by Crippen LogP contribution is -2.49. The van der Waals surface area contributed by atoms with Crippen molar-refractivity contribution in [3.63, 3.8) is 0 Å². The minimum atomic E-state index is -1.46. The van der Waals surface area contributed by atoms with Crippen LogP contribution in [-0.4, -0.2) is 51.7 Å². The number of nitrogens with zero attached hydrogens (tertiary/aromatic N) is 1. The van der Waals surface area contributed by atoms with E-state index in [1.807, 2.05) is 0 Å². The summed E-state index contributed by atoms with van der Waals surface area (Å²) in [7, 11) is 0. The third kappa shape index (κ3) is 4.03. The molecule has 0 atom stereocenters. The standard InChI is InChI=1S/C13H20N2O6/c1-9(2)21-11-5-3-4-10(12(11)15(19)20)14-13(6-16,7-17)8-18/h3-5,9,14,16-18H,6-8H2,1-2H3. The van der Waals surface area contributed by atoms with Gasteiger partial charge < -0.3 is 25.4 Å². The van der Waals surface area contributed by atoms with Crippen LogP contribution < -0.4 is 10.1 Å². The van der Waals surface area contributed by atoms with Gasteiger partial charge in [-0.3, -0.25) is 10.1 Å². The zero-order valence-electron chi connectivity index (χ0n) is 11.9. The van der Waals surface area contributed by atoms with Gasteiger partial charge in [0.2, 0.25) is 0 Å². The molecule has 0 saturated carbocycles. The summed E-state index contributed by atoms with van der Waals surface area (Å²) in [6, 6.07) is 4.42. The number of hydrogen-bond acceptors (Lipinski definition) is 7. The van der Waals surface area contributed by atoms with Gasteiger partial charge in [0.05, 0.1) is 30.8 Å². The Morgan fingerprint density at radius 1 is 1.29 bits per heavy atom. The van der Waals surface area contributed by atoms with E-state index in [9.17, 15) is 25.4 Å². The van der Waals surface area contributed by atoms with Crippen molar-refractivity contribution >= 4 is 11.4 Å². The molecule has 0 radical (unpaired) electrons. The fraction of sp³-hybridized carbons (Fsp3) is 0.538. The molecule has 8 heteroatoms. The summed E-state index contributed by atoms with van der Waals surface area (Å²) >= 11 is 0. The van der Waals surface area contributed by atoms with Crippen LogP contribution >= 0.6 is 0 Å². The number of nitrogens with one attached hydrogen (secondary N) is 1. The number of anilines is 1. The van der Waals surface area contributed by atoms with Crippen LogP contribution in [0.5, 0.6) is 5.75 Å². The maximum absolute atomic E-state index is 11.3. The first-order valence-corrected chi connectivity index (χ1v) is 6.44. The second-order valence-electron chi connectivity index (χ2n) is 4.96. The molecule has 4 N–H and O–H groups in total. The van der Waals surface area contributed by atoms with E-state index < -0.39 is 30.3 Å². The van der Waals surface area contributed by atoms with Crippen molar-refractivity contribution in [2.45, 2.75) is 25.5 Å². The molecule has 0 fully saturated rings. The molecule has 21 heavy (non-hydrogen) atoms. The molecule has 0 aliphatic carbocycles. The molecule has 1 rings (SSSR count). The first-order valence-electron chi connectivity index (χ1n) is 6.44. The van der Waals surface area contributed by atoms with Gasteiger partial charge in [-0.1, -0.05) is 6.07 Å². The minimum Gasteiger partial charge on any atom is -0.484 e. The number of hydrogen-bond donors (Lipinski definition) is 4. The van der Waals surface area contributed by atoms with Crippen molar-refractivity contribution in [3.8, 4) is 5.75 Å². The predicted octanol–water partition coefficient (Wildman–Crippen LogP) is 0.510. The second-order valence-corrected chi connectivity index (χ2v) is 4.96. The Balaban J connectivity index is 3.26. The zero-order chi connectivity index (χ0) is 16.0. The lowest BCUT2D eigenvalue weighted by atomic mass is 10.0. The van der Waals surface area contributed by atoms with Gasteiger partial charge in [0.1, 0.15) is 11.2 Å². The average Bonchev–Trinajstić information content (AvgIpc) is 2.44. The number of rotatable bonds is 8. The summed E-state index contributed by atoms with van der Waals surface area (Å²) in [5.74, 6) is 0.0720. The summed E-state index contributed by atoms with van der Waals surface area (Å²) in [5, 5.41) is 41.8. The molecule has 0 bridgehead atoms. The number of para-hydroxylation sites is 1. The first-order chi connectivity index (χ1) is 9.89. The number of nitro groups is 1. The smallest absolute Gasteiger partial charge is 0.333 e. The van der Waals surface area contributed by atoms with Crippen LogP contribution in [-0.2, 0) is 0 Å². The quantitative estimate of drug-likeness (QED) is 0.407. The maximum atomic E-state index is 11.3. The minimum absolute atomic E-state index is 0.0512. The molecule has 0 spiro atoms. The summed E-state index contributed by atoms with van der Waals surface area (Å²) in [6.45, 7) is 1.71. The highest BCUT2D eigenvalue weighted by atomic mass is 16.6. The second kappa shape index (κ2) is 7.21. The summed E-state index contributed by atoms with van der Waals surface area (Å²) in [5.41, 5.74) is -1.72. The van der Waals surface area contributed by atoms with Gasteiger partial charge >= 0.3 is 5.69 Å². The number of nitro benzene ring substituents is 1. The highest BCUT2D eigenvalue weighted by Gasteiger charge is 2.32. The fourth-order valence-corrected chi connectivity index (χ4v) is 1.71. The molecule has 0 amide bonds. The molecule has 0 aromatic heterocycles. The van der Waals surface area contributed by atoms with Crippen molar-refractivity contribution in [3.05, 3.63) is 28.3 Å². The van der Waals surface area contributed by atoms with Crippen LogP contribution in [0.4, 0.5) is 11.4 Å². The van der Waals surface area contributed by atoms with E-state index in [0.29, 0.717) is 0 Å². The third-order valence-electron chi connectivity index (χ3n) is 2.85. The fourth-order valence-electron chi connectivity index (χ4n) is 1.71. The van der Waals surface area contributed by atoms with Crippen molar-refractivity contribution in [2.75, 3.05) is 25.1 Å². The number of aliphatic hydroxyl groups excluding tert-OH is 3. The molecule has 118 valence electrons. The summed E-state index contributed by atoms with van der Waals surface area (Å²) in [4.78, 5) is 10.7. The first kappa shape index (κ1) is 17.2. The lowest BCUT2D eigenvalue weighted by Gasteiger charge is -2.29. The molecular weight excluding hydrogens is 280 g/mol. The lowest BCUT2D eigenvalue weighted by molar-refractivity contribution is -0.385. The molecule has 8 nitrogen and oxygen atoms in total. The van der Waals surface area contributed by atoms with Crippen molar-refractivity contribution < 1.29 is 25.0 Å². The zero-order valence-corrected chi connectivity index (χ0v) is 11.9. The molecule has 0 saturated heterocycles. The van der Waals surface area contributed by atoms with Gasteiger partial charge in [-0.05, 0) is 26.0 Å². The molecule has 1 aromatic carbocycles. The number of aliphatic hydroxyl groups is 3. The summed E-state index contributed by atoms with van der Waals surface area (Å²) in [6.07, 6.45) is -0.253. The molecule has 0 unspecified atom stereocenters. The molecular formula is C13H20N2O6. The van der Waals surface area contributed by atoms with Crippen LogP contribution in [0.15, 0.2) is 18.2 Å². The number of ether oxygens (including phenoxy) is 1. The molecule has 1 aromatic rings. The molecule has 0 aliphatic heterocycles. The number of benzene rings is 1. The monoisotopic (exact) mass is 300 g/mol. The van der Waals surface area contributed by atoms with Crippen LogP contribution in [0.25, 0.3) is 0 Å². The highest BCUT2D eigenvalue weighted by Crippen LogP contribution is 2.36. The Kier molecular flexibility index (Phi) is 5.89. The third-order valence-corrected chi connectivity index (χ3v) is 2.85. The molecule has 0 heterocycles. The van der Waals surface area contributed by atoms with E-state index in [4.69, 9.17) is 4.74 Å². The maximum Gasteiger partial charge on any atom is 0.333 e. The Bertz CT molecular complexity index is 479. The van der Waals surface area contributed by atoms with E-state index in [2.05, 4.69) is 5.32 Å². The SMILES string of the molecule is CC(C)Oc1cccc(NC(CO)(CO)CO)c1[N+](=O)[O-]. The van der Waals surface area contributed by atoms with E-state index in [1.54, 1.807) is 19.9 Å². The van der Waals surface area contributed by atoms with Crippen molar-refractivity contribution in [2.24, 2.45) is 0 Å². The van der Waals surface area contributed by atoms with Crippen LogP contribution in [0.1, 0.15) is 13.8 Å².